The van der Waals surface area contributed by atoms with Gasteiger partial charge in [-0.2, -0.15) is 4.31 Å². The van der Waals surface area contributed by atoms with Crippen molar-refractivity contribution in [2.45, 2.75) is 18.4 Å². The lowest BCUT2D eigenvalue weighted by Gasteiger charge is -2.16. The SMILES string of the molecule is CCCN(C)S(=O)(=O)c1c(NN)nc2ccccn12. The van der Waals surface area contributed by atoms with Crippen LogP contribution in [0.4, 0.5) is 5.82 Å². The first-order valence-electron chi connectivity index (χ1n) is 5.92. The molecule has 3 N–H and O–H groups in total. The van der Waals surface area contributed by atoms with Gasteiger partial charge in [0.1, 0.15) is 5.65 Å². The van der Waals surface area contributed by atoms with Crippen LogP contribution in [0.5, 0.6) is 0 Å². The molecule has 0 aliphatic heterocycles. The van der Waals surface area contributed by atoms with Gasteiger partial charge in [0.05, 0.1) is 0 Å². The number of pyridine rings is 1. The van der Waals surface area contributed by atoms with Crippen LogP contribution < -0.4 is 11.3 Å². The summed E-state index contributed by atoms with van der Waals surface area (Å²) in [7, 11) is -2.09. The van der Waals surface area contributed by atoms with Gasteiger partial charge in [-0.3, -0.25) is 4.40 Å². The highest BCUT2D eigenvalue weighted by Gasteiger charge is 2.28. The number of hydrogen-bond acceptors (Lipinski definition) is 5. The van der Waals surface area contributed by atoms with Crippen molar-refractivity contribution in [3.05, 3.63) is 24.4 Å². The summed E-state index contributed by atoms with van der Waals surface area (Å²) in [5.41, 5.74) is 2.88. The van der Waals surface area contributed by atoms with Gasteiger partial charge in [0.15, 0.2) is 5.82 Å². The van der Waals surface area contributed by atoms with Gasteiger partial charge < -0.3 is 5.43 Å². The minimum Gasteiger partial charge on any atom is -0.306 e. The van der Waals surface area contributed by atoms with Crippen molar-refractivity contribution in [3.8, 4) is 0 Å². The first-order valence-corrected chi connectivity index (χ1v) is 7.36. The molecule has 0 bridgehead atoms. The Balaban J connectivity index is 2.67. The van der Waals surface area contributed by atoms with Gasteiger partial charge >= 0.3 is 0 Å². The highest BCUT2D eigenvalue weighted by molar-refractivity contribution is 7.89. The van der Waals surface area contributed by atoms with E-state index in [1.54, 1.807) is 31.4 Å². The maximum Gasteiger partial charge on any atom is 0.262 e. The maximum absolute atomic E-state index is 12.5. The fourth-order valence-electron chi connectivity index (χ4n) is 1.90. The number of nitrogens with two attached hydrogens (primary N) is 1. The first-order chi connectivity index (χ1) is 9.02. The van der Waals surface area contributed by atoms with Crippen LogP contribution in [0, 0.1) is 0 Å². The number of nitrogen functional groups attached to an aromatic ring is 1. The molecule has 2 aromatic rings. The Morgan fingerprint density at radius 2 is 2.21 bits per heavy atom. The lowest BCUT2D eigenvalue weighted by Crippen LogP contribution is -2.29. The molecule has 0 aliphatic rings. The molecule has 2 heterocycles. The molecule has 0 amide bonds. The smallest absolute Gasteiger partial charge is 0.262 e. The molecule has 0 atom stereocenters. The minimum atomic E-state index is -3.64. The van der Waals surface area contributed by atoms with E-state index < -0.39 is 10.0 Å². The molecule has 0 radical (unpaired) electrons. The Morgan fingerprint density at radius 3 is 2.84 bits per heavy atom. The lowest BCUT2D eigenvalue weighted by atomic mass is 10.5. The largest absolute Gasteiger partial charge is 0.306 e. The van der Waals surface area contributed by atoms with E-state index in [1.165, 1.54) is 8.71 Å². The molecule has 0 saturated carbocycles. The third-order valence-corrected chi connectivity index (χ3v) is 4.70. The monoisotopic (exact) mass is 283 g/mol. The van der Waals surface area contributed by atoms with Crippen molar-refractivity contribution in [1.82, 2.24) is 13.7 Å². The van der Waals surface area contributed by atoms with Crippen LogP contribution in [-0.4, -0.2) is 35.7 Å². The number of nitrogens with zero attached hydrogens (tertiary/aromatic N) is 3. The second-order valence-electron chi connectivity index (χ2n) is 4.17. The molecule has 0 aromatic carbocycles. The van der Waals surface area contributed by atoms with Crippen molar-refractivity contribution < 1.29 is 8.42 Å². The quantitative estimate of drug-likeness (QED) is 0.621. The van der Waals surface area contributed by atoms with Crippen LogP contribution in [0.15, 0.2) is 29.4 Å². The van der Waals surface area contributed by atoms with E-state index in [9.17, 15) is 8.42 Å². The van der Waals surface area contributed by atoms with E-state index >= 15 is 0 Å². The van der Waals surface area contributed by atoms with Gasteiger partial charge in [0, 0.05) is 19.8 Å². The molecular weight excluding hydrogens is 266 g/mol. The van der Waals surface area contributed by atoms with E-state index in [0.29, 0.717) is 12.2 Å². The maximum atomic E-state index is 12.5. The second kappa shape index (κ2) is 5.16. The van der Waals surface area contributed by atoms with Gasteiger partial charge in [-0.15, -0.1) is 0 Å². The summed E-state index contributed by atoms with van der Waals surface area (Å²) in [6.07, 6.45) is 2.38. The molecule has 104 valence electrons. The zero-order chi connectivity index (χ0) is 14.0. The molecular formula is C11H17N5O2S. The van der Waals surface area contributed by atoms with Crippen molar-refractivity contribution in [2.24, 2.45) is 5.84 Å². The zero-order valence-electron chi connectivity index (χ0n) is 10.9. The normalized spacial score (nSPS) is 12.2. The van der Waals surface area contributed by atoms with Gasteiger partial charge in [-0.25, -0.2) is 19.2 Å². The zero-order valence-corrected chi connectivity index (χ0v) is 11.7. The summed E-state index contributed by atoms with van der Waals surface area (Å²) in [4.78, 5) is 4.16. The van der Waals surface area contributed by atoms with Crippen LogP contribution in [0.2, 0.25) is 0 Å². The highest BCUT2D eigenvalue weighted by Crippen LogP contribution is 2.24. The number of imidazole rings is 1. The summed E-state index contributed by atoms with van der Waals surface area (Å²) in [5.74, 6) is 5.52. The van der Waals surface area contributed by atoms with Crippen LogP contribution >= 0.6 is 0 Å². The Kier molecular flexibility index (Phi) is 3.74. The molecule has 0 saturated heterocycles. The van der Waals surface area contributed by atoms with E-state index in [-0.39, 0.29) is 10.8 Å². The third-order valence-electron chi connectivity index (χ3n) is 2.82. The van der Waals surface area contributed by atoms with E-state index in [4.69, 9.17) is 5.84 Å². The van der Waals surface area contributed by atoms with Crippen molar-refractivity contribution in [2.75, 3.05) is 19.0 Å². The average molecular weight is 283 g/mol. The molecule has 2 aromatic heterocycles. The fraction of sp³-hybridized carbons (Fsp3) is 0.364. The highest BCUT2D eigenvalue weighted by atomic mass is 32.2. The number of hydrogen-bond donors (Lipinski definition) is 2. The van der Waals surface area contributed by atoms with Gasteiger partial charge in [0.2, 0.25) is 5.03 Å². The van der Waals surface area contributed by atoms with E-state index in [2.05, 4.69) is 10.4 Å². The molecule has 0 aliphatic carbocycles. The first kappa shape index (κ1) is 13.8. The molecule has 0 unspecified atom stereocenters. The van der Waals surface area contributed by atoms with E-state index in [1.807, 2.05) is 6.92 Å². The molecule has 7 nitrogen and oxygen atoms in total. The summed E-state index contributed by atoms with van der Waals surface area (Å²) in [6.45, 7) is 2.36. The number of aromatic nitrogens is 2. The number of rotatable bonds is 5. The number of sulfonamides is 1. The number of nitrogens with one attached hydrogen (secondary N) is 1. The molecule has 0 spiro atoms. The van der Waals surface area contributed by atoms with E-state index in [0.717, 1.165) is 6.42 Å². The summed E-state index contributed by atoms with van der Waals surface area (Å²) in [6, 6.07) is 5.25. The van der Waals surface area contributed by atoms with Crippen molar-refractivity contribution in [3.63, 3.8) is 0 Å². The molecule has 0 fully saturated rings. The predicted molar refractivity (Wildman–Crippen MR) is 73.1 cm³/mol. The Labute approximate surface area is 112 Å². The van der Waals surface area contributed by atoms with Crippen LogP contribution in [0.3, 0.4) is 0 Å². The fourth-order valence-corrected chi connectivity index (χ4v) is 3.37. The van der Waals surface area contributed by atoms with Crippen molar-refractivity contribution in [1.29, 1.82) is 0 Å². The Hall–Kier alpha value is -1.64. The van der Waals surface area contributed by atoms with Crippen LogP contribution in [0.1, 0.15) is 13.3 Å². The molecule has 2 rings (SSSR count). The molecule has 8 heteroatoms. The summed E-state index contributed by atoms with van der Waals surface area (Å²) in [5, 5.41) is 0.0570. The standard InChI is InChI=1S/C11H17N5O2S/c1-3-7-15(2)19(17,18)11-10(14-12)13-9-6-4-5-8-16(9)11/h4-6,8,14H,3,7,12H2,1-2H3. The topological polar surface area (TPSA) is 92.7 Å². The number of hydrazine groups is 1. The minimum absolute atomic E-state index is 0.0570. The number of fused-ring (bicyclic) bond motifs is 1. The van der Waals surface area contributed by atoms with Gasteiger partial charge in [-0.1, -0.05) is 13.0 Å². The Bertz CT molecular complexity index is 679. The van der Waals surface area contributed by atoms with Crippen LogP contribution in [0.25, 0.3) is 5.65 Å². The van der Waals surface area contributed by atoms with Gasteiger partial charge in [-0.05, 0) is 18.6 Å². The second-order valence-corrected chi connectivity index (χ2v) is 6.13. The van der Waals surface area contributed by atoms with Crippen LogP contribution in [-0.2, 0) is 10.0 Å². The summed E-state index contributed by atoms with van der Waals surface area (Å²) < 4.78 is 27.9. The lowest BCUT2D eigenvalue weighted by molar-refractivity contribution is 0.465. The van der Waals surface area contributed by atoms with Gasteiger partial charge in [0.25, 0.3) is 10.0 Å². The molecule has 19 heavy (non-hydrogen) atoms. The number of anilines is 1. The van der Waals surface area contributed by atoms with Crippen molar-refractivity contribution >= 4 is 21.5 Å². The third kappa shape index (κ3) is 2.29. The summed E-state index contributed by atoms with van der Waals surface area (Å²) >= 11 is 0. The predicted octanol–water partition coefficient (Wildman–Crippen LogP) is 0.650. The average Bonchev–Trinajstić information content (AvgIpc) is 2.77. The Morgan fingerprint density at radius 1 is 1.47 bits per heavy atom.